The molecule has 3 heterocycles. The van der Waals surface area contributed by atoms with Crippen LogP contribution in [0.4, 0.5) is 0 Å². The van der Waals surface area contributed by atoms with Crippen molar-refractivity contribution in [3.63, 3.8) is 0 Å². The number of pyridine rings is 1. The van der Waals surface area contributed by atoms with Crippen molar-refractivity contribution < 1.29 is 4.74 Å². The van der Waals surface area contributed by atoms with Crippen molar-refractivity contribution in [3.05, 3.63) is 42.4 Å². The van der Waals surface area contributed by atoms with Crippen molar-refractivity contribution in [1.29, 1.82) is 0 Å². The Morgan fingerprint density at radius 2 is 1.93 bits per heavy atom. The molecular formula is C21H30N4OS. The third-order valence-corrected chi connectivity index (χ3v) is 5.67. The summed E-state index contributed by atoms with van der Waals surface area (Å²) in [5.41, 5.74) is 2.24. The third-order valence-electron chi connectivity index (χ3n) is 5.16. The maximum atomic E-state index is 5.95. The lowest BCUT2D eigenvalue weighted by Crippen LogP contribution is -2.25. The van der Waals surface area contributed by atoms with Gasteiger partial charge in [0, 0.05) is 25.5 Å². The van der Waals surface area contributed by atoms with E-state index < -0.39 is 0 Å². The number of nitrogens with zero attached hydrogens (tertiary/aromatic N) is 4. The number of aromatic nitrogens is 3. The maximum absolute atomic E-state index is 5.95. The van der Waals surface area contributed by atoms with E-state index in [1.54, 1.807) is 12.4 Å². The molecule has 1 saturated carbocycles. The Hall–Kier alpha value is -1.79. The predicted octanol–water partition coefficient (Wildman–Crippen LogP) is 4.69. The van der Waals surface area contributed by atoms with Gasteiger partial charge in [0.05, 0.1) is 18.3 Å². The summed E-state index contributed by atoms with van der Waals surface area (Å²) in [4.78, 5) is 6.10. The summed E-state index contributed by atoms with van der Waals surface area (Å²) in [6, 6.07) is 5.72. The Labute approximate surface area is 166 Å². The van der Waals surface area contributed by atoms with Crippen LogP contribution in [0, 0.1) is 5.92 Å². The highest BCUT2D eigenvalue weighted by molar-refractivity contribution is 6.99. The van der Waals surface area contributed by atoms with E-state index in [2.05, 4.69) is 31.8 Å². The van der Waals surface area contributed by atoms with E-state index in [1.165, 1.54) is 49.4 Å². The van der Waals surface area contributed by atoms with Gasteiger partial charge in [-0.15, -0.1) is 4.37 Å². The van der Waals surface area contributed by atoms with Crippen molar-refractivity contribution in [2.24, 2.45) is 5.92 Å². The first-order valence-electron chi connectivity index (χ1n) is 10.0. The van der Waals surface area contributed by atoms with Gasteiger partial charge in [-0.3, -0.25) is 4.98 Å². The molecule has 0 aromatic carbocycles. The summed E-state index contributed by atoms with van der Waals surface area (Å²) < 4.78 is 14.7. The van der Waals surface area contributed by atoms with Crippen LogP contribution in [-0.2, 0) is 0 Å². The number of likely N-dealkylation sites (N-methyl/N-ethyl adjacent to an activating group) is 1. The van der Waals surface area contributed by atoms with Crippen LogP contribution >= 0.6 is 11.7 Å². The molecular weight excluding hydrogens is 356 g/mol. The third kappa shape index (κ3) is 6.70. The van der Waals surface area contributed by atoms with Gasteiger partial charge in [0.1, 0.15) is 5.69 Å². The molecule has 0 N–H and O–H groups in total. The van der Waals surface area contributed by atoms with Crippen LogP contribution in [-0.4, -0.2) is 45.4 Å². The van der Waals surface area contributed by atoms with Crippen LogP contribution in [0.25, 0.3) is 5.57 Å². The number of hydrogen-bond donors (Lipinski definition) is 0. The van der Waals surface area contributed by atoms with Crippen LogP contribution < -0.4 is 4.74 Å². The van der Waals surface area contributed by atoms with Gasteiger partial charge in [-0.2, -0.15) is 4.37 Å². The van der Waals surface area contributed by atoms with Crippen LogP contribution in [0.2, 0.25) is 0 Å². The summed E-state index contributed by atoms with van der Waals surface area (Å²) in [7, 11) is 2.15. The van der Waals surface area contributed by atoms with Crippen LogP contribution in [0.5, 0.6) is 5.88 Å². The summed E-state index contributed by atoms with van der Waals surface area (Å²) in [6.45, 7) is 2.86. The highest BCUT2D eigenvalue weighted by Gasteiger charge is 2.19. The zero-order valence-corrected chi connectivity index (χ0v) is 17.0. The monoisotopic (exact) mass is 386 g/mol. The van der Waals surface area contributed by atoms with Gasteiger partial charge in [-0.1, -0.05) is 44.2 Å². The fourth-order valence-corrected chi connectivity index (χ4v) is 4.18. The fourth-order valence-electron chi connectivity index (χ4n) is 3.65. The van der Waals surface area contributed by atoms with Gasteiger partial charge >= 0.3 is 0 Å². The Kier molecular flexibility index (Phi) is 8.24. The number of hydrogen-bond acceptors (Lipinski definition) is 6. The van der Waals surface area contributed by atoms with Gasteiger partial charge in [0.2, 0.25) is 0 Å². The molecule has 0 radical (unpaired) electrons. The smallest absolute Gasteiger partial charge is 0.253 e. The fraction of sp³-hybridized carbons (Fsp3) is 0.571. The minimum absolute atomic E-state index is 0.748. The molecule has 0 saturated heterocycles. The van der Waals surface area contributed by atoms with Gasteiger partial charge in [-0.05, 0) is 43.5 Å². The first kappa shape index (κ1) is 20.0. The molecule has 2 aromatic rings. The Morgan fingerprint density at radius 1 is 1.11 bits per heavy atom. The first-order chi connectivity index (χ1) is 13.3. The molecule has 0 bridgehead atoms. The molecule has 1 fully saturated rings. The van der Waals surface area contributed by atoms with E-state index in [0.717, 1.165) is 50.0 Å². The Balaban J connectivity index is 0.000000299. The second-order valence-corrected chi connectivity index (χ2v) is 7.87. The molecule has 0 spiro atoms. The molecule has 1 aliphatic heterocycles. The quantitative estimate of drug-likeness (QED) is 0.746. The number of ether oxygens (including phenoxy) is 1. The Bertz CT molecular complexity index is 656. The topological polar surface area (TPSA) is 51.1 Å². The molecule has 4 rings (SSSR count). The summed E-state index contributed by atoms with van der Waals surface area (Å²) in [5.74, 6) is 1.60. The van der Waals surface area contributed by atoms with E-state index >= 15 is 0 Å². The summed E-state index contributed by atoms with van der Waals surface area (Å²) in [5, 5.41) is 0. The van der Waals surface area contributed by atoms with Crippen molar-refractivity contribution in [2.45, 2.75) is 44.9 Å². The standard InChI is InChI=1S/C16H25N3OS.C5H5N/c1-19-10-5-8-14(12-19)15-16(18-21-17-15)20-11-9-13-6-3-2-4-7-13;1-2-4-6-5-3-1/h8,13H,2-7,9-12H2,1H3;1-5H. The molecule has 5 nitrogen and oxygen atoms in total. The van der Waals surface area contributed by atoms with Gasteiger partial charge in [0.15, 0.2) is 0 Å². The Morgan fingerprint density at radius 3 is 2.59 bits per heavy atom. The molecule has 0 atom stereocenters. The van der Waals surface area contributed by atoms with Crippen molar-refractivity contribution in [2.75, 3.05) is 26.7 Å². The predicted molar refractivity (Wildman–Crippen MR) is 111 cm³/mol. The van der Waals surface area contributed by atoms with Gasteiger partial charge < -0.3 is 9.64 Å². The van der Waals surface area contributed by atoms with Gasteiger partial charge in [-0.25, -0.2) is 0 Å². The van der Waals surface area contributed by atoms with Crippen molar-refractivity contribution in [1.82, 2.24) is 18.6 Å². The molecule has 1 aliphatic carbocycles. The van der Waals surface area contributed by atoms with E-state index in [-0.39, 0.29) is 0 Å². The molecule has 2 aromatic heterocycles. The first-order valence-corrected chi connectivity index (χ1v) is 10.7. The highest BCUT2D eigenvalue weighted by Crippen LogP contribution is 2.29. The molecule has 146 valence electrons. The largest absolute Gasteiger partial charge is 0.475 e. The second kappa shape index (κ2) is 11.1. The molecule has 6 heteroatoms. The maximum Gasteiger partial charge on any atom is 0.253 e. The average molecular weight is 387 g/mol. The van der Waals surface area contributed by atoms with Crippen LogP contribution in [0.1, 0.15) is 50.6 Å². The zero-order chi connectivity index (χ0) is 18.7. The second-order valence-electron chi connectivity index (χ2n) is 7.34. The summed E-state index contributed by atoms with van der Waals surface area (Å²) in [6.07, 6.45) is 15.0. The minimum atomic E-state index is 0.748. The lowest BCUT2D eigenvalue weighted by atomic mass is 9.87. The zero-order valence-electron chi connectivity index (χ0n) is 16.2. The highest BCUT2D eigenvalue weighted by atomic mass is 32.1. The van der Waals surface area contributed by atoms with Gasteiger partial charge in [0.25, 0.3) is 5.88 Å². The van der Waals surface area contributed by atoms with E-state index in [9.17, 15) is 0 Å². The lowest BCUT2D eigenvalue weighted by Gasteiger charge is -2.22. The molecule has 0 amide bonds. The molecule has 2 aliphatic rings. The number of rotatable bonds is 5. The SMILES string of the molecule is CN1CCC=C(c2nsnc2OCCC2CCCCC2)C1.c1ccncc1. The minimum Gasteiger partial charge on any atom is -0.475 e. The van der Waals surface area contributed by atoms with Crippen molar-refractivity contribution >= 4 is 17.3 Å². The van der Waals surface area contributed by atoms with E-state index in [1.807, 2.05) is 18.2 Å². The average Bonchev–Trinajstić information content (AvgIpc) is 3.19. The van der Waals surface area contributed by atoms with Crippen LogP contribution in [0.15, 0.2) is 36.7 Å². The summed E-state index contributed by atoms with van der Waals surface area (Å²) >= 11 is 1.26. The van der Waals surface area contributed by atoms with Crippen molar-refractivity contribution in [3.8, 4) is 5.88 Å². The van der Waals surface area contributed by atoms with E-state index in [4.69, 9.17) is 4.74 Å². The molecule has 0 unspecified atom stereocenters. The van der Waals surface area contributed by atoms with Crippen LogP contribution in [0.3, 0.4) is 0 Å². The van der Waals surface area contributed by atoms with E-state index in [0.29, 0.717) is 0 Å². The molecule has 27 heavy (non-hydrogen) atoms. The lowest BCUT2D eigenvalue weighted by molar-refractivity contribution is 0.241. The normalized spacial score (nSPS) is 18.3.